The molecule has 90 valence electrons. The molecule has 0 amide bonds. The van der Waals surface area contributed by atoms with Gasteiger partial charge in [-0.05, 0) is 49.6 Å². The molecular formula is C14H22BrN. The predicted molar refractivity (Wildman–Crippen MR) is 74.9 cm³/mol. The second kappa shape index (κ2) is 6.41. The summed E-state index contributed by atoms with van der Waals surface area (Å²) in [6, 6.07) is 5.04. The summed E-state index contributed by atoms with van der Waals surface area (Å²) in [5.41, 5.74) is 4.14. The minimum atomic E-state index is 0.502. The van der Waals surface area contributed by atoms with Crippen LogP contribution in [0.4, 0.5) is 0 Å². The highest BCUT2D eigenvalue weighted by Gasteiger charge is 2.12. The average molecular weight is 284 g/mol. The Bertz CT molecular complexity index is 341. The Kier molecular flexibility index (Phi) is 5.50. The first-order valence-electron chi connectivity index (χ1n) is 6.10. The van der Waals surface area contributed by atoms with Crippen molar-refractivity contribution in [3.63, 3.8) is 0 Å². The Morgan fingerprint density at radius 1 is 1.19 bits per heavy atom. The maximum absolute atomic E-state index is 3.59. The summed E-state index contributed by atoms with van der Waals surface area (Å²) < 4.78 is 1.21. The molecule has 0 spiro atoms. The Morgan fingerprint density at radius 3 is 2.44 bits per heavy atom. The van der Waals surface area contributed by atoms with Crippen molar-refractivity contribution in [2.45, 2.75) is 46.6 Å². The van der Waals surface area contributed by atoms with E-state index in [1.54, 1.807) is 0 Å². The third kappa shape index (κ3) is 3.33. The first kappa shape index (κ1) is 13.7. The van der Waals surface area contributed by atoms with Gasteiger partial charge in [-0.3, -0.25) is 0 Å². The van der Waals surface area contributed by atoms with E-state index in [1.807, 2.05) is 0 Å². The molecule has 0 heterocycles. The summed E-state index contributed by atoms with van der Waals surface area (Å²) in [7, 11) is 0. The summed E-state index contributed by atoms with van der Waals surface area (Å²) in [5.74, 6) is 0. The molecule has 1 nitrogen and oxygen atoms in total. The first-order chi connectivity index (χ1) is 7.60. The second-order valence-electron chi connectivity index (χ2n) is 4.36. The molecule has 0 aliphatic heterocycles. The van der Waals surface area contributed by atoms with Crippen LogP contribution in [0.25, 0.3) is 0 Å². The van der Waals surface area contributed by atoms with Crippen LogP contribution in [0, 0.1) is 13.8 Å². The Balaban J connectivity index is 3.03. The van der Waals surface area contributed by atoms with Gasteiger partial charge < -0.3 is 5.32 Å². The Labute approximate surface area is 108 Å². The number of nitrogens with one attached hydrogen (secondary N) is 1. The van der Waals surface area contributed by atoms with Crippen LogP contribution in [0.1, 0.15) is 49.4 Å². The maximum atomic E-state index is 3.59. The minimum Gasteiger partial charge on any atom is -0.310 e. The third-order valence-corrected chi connectivity index (χ3v) is 3.80. The van der Waals surface area contributed by atoms with Gasteiger partial charge in [0.1, 0.15) is 0 Å². The van der Waals surface area contributed by atoms with Gasteiger partial charge in [0.15, 0.2) is 0 Å². The second-order valence-corrected chi connectivity index (χ2v) is 5.21. The lowest BCUT2D eigenvalue weighted by Crippen LogP contribution is -2.21. The molecule has 0 saturated carbocycles. The molecule has 1 N–H and O–H groups in total. The van der Waals surface area contributed by atoms with Crippen LogP contribution >= 0.6 is 15.9 Å². The molecule has 1 atom stereocenters. The summed E-state index contributed by atoms with van der Waals surface area (Å²) in [6.07, 6.45) is 2.42. The fourth-order valence-electron chi connectivity index (χ4n) is 2.08. The lowest BCUT2D eigenvalue weighted by molar-refractivity contribution is 0.507. The van der Waals surface area contributed by atoms with E-state index in [9.17, 15) is 0 Å². The van der Waals surface area contributed by atoms with Crippen LogP contribution in [0.5, 0.6) is 0 Å². The average Bonchev–Trinajstić information content (AvgIpc) is 2.23. The van der Waals surface area contributed by atoms with Gasteiger partial charge in [0.2, 0.25) is 0 Å². The van der Waals surface area contributed by atoms with Gasteiger partial charge in [-0.15, -0.1) is 0 Å². The molecule has 1 aromatic carbocycles. The highest BCUT2D eigenvalue weighted by atomic mass is 79.9. The van der Waals surface area contributed by atoms with E-state index in [-0.39, 0.29) is 0 Å². The number of hydrogen-bond acceptors (Lipinski definition) is 1. The zero-order chi connectivity index (χ0) is 12.1. The van der Waals surface area contributed by atoms with Gasteiger partial charge >= 0.3 is 0 Å². The molecule has 0 fully saturated rings. The number of rotatable bonds is 5. The van der Waals surface area contributed by atoms with Crippen molar-refractivity contribution in [1.82, 2.24) is 5.32 Å². The molecule has 0 radical (unpaired) electrons. The summed E-state index contributed by atoms with van der Waals surface area (Å²) >= 11 is 3.59. The monoisotopic (exact) mass is 283 g/mol. The molecule has 0 aliphatic carbocycles. The number of halogens is 1. The van der Waals surface area contributed by atoms with E-state index in [0.717, 1.165) is 6.54 Å². The quantitative estimate of drug-likeness (QED) is 0.838. The van der Waals surface area contributed by atoms with Crippen LogP contribution in [0.15, 0.2) is 16.6 Å². The lowest BCUT2D eigenvalue weighted by Gasteiger charge is -2.21. The highest BCUT2D eigenvalue weighted by Crippen LogP contribution is 2.27. The van der Waals surface area contributed by atoms with Crippen LogP contribution in [-0.2, 0) is 0 Å². The van der Waals surface area contributed by atoms with Crippen LogP contribution in [-0.4, -0.2) is 6.54 Å². The van der Waals surface area contributed by atoms with Crippen LogP contribution < -0.4 is 5.32 Å². The zero-order valence-electron chi connectivity index (χ0n) is 10.7. The van der Waals surface area contributed by atoms with Crippen LogP contribution in [0.2, 0.25) is 0 Å². The number of hydrogen-bond donors (Lipinski definition) is 1. The lowest BCUT2D eigenvalue weighted by atomic mass is 9.96. The summed E-state index contributed by atoms with van der Waals surface area (Å²) in [6.45, 7) is 9.79. The standard InChI is InChI=1S/C14H22BrN/c1-5-7-14(16-6-2)12-8-11(4)13(15)9-10(12)3/h8-9,14,16H,5-7H2,1-4H3. The molecule has 1 rings (SSSR count). The van der Waals surface area contributed by atoms with Gasteiger partial charge in [-0.1, -0.05) is 42.3 Å². The molecule has 0 aliphatic rings. The molecule has 16 heavy (non-hydrogen) atoms. The highest BCUT2D eigenvalue weighted by molar-refractivity contribution is 9.10. The maximum Gasteiger partial charge on any atom is 0.0322 e. The van der Waals surface area contributed by atoms with Crippen molar-refractivity contribution in [3.8, 4) is 0 Å². The van der Waals surface area contributed by atoms with Crippen molar-refractivity contribution < 1.29 is 0 Å². The van der Waals surface area contributed by atoms with Crippen molar-refractivity contribution in [2.75, 3.05) is 6.54 Å². The van der Waals surface area contributed by atoms with E-state index in [1.165, 1.54) is 34.0 Å². The van der Waals surface area contributed by atoms with Crippen molar-refractivity contribution in [3.05, 3.63) is 33.3 Å². The SMILES string of the molecule is CCCC(NCC)c1cc(C)c(Br)cc1C. The smallest absolute Gasteiger partial charge is 0.0322 e. The third-order valence-electron chi connectivity index (χ3n) is 2.95. The molecular weight excluding hydrogens is 262 g/mol. The molecule has 0 bridgehead atoms. The van der Waals surface area contributed by atoms with Crippen LogP contribution in [0.3, 0.4) is 0 Å². The van der Waals surface area contributed by atoms with Gasteiger partial charge in [-0.2, -0.15) is 0 Å². The fraction of sp³-hybridized carbons (Fsp3) is 0.571. The van der Waals surface area contributed by atoms with Crippen molar-refractivity contribution in [1.29, 1.82) is 0 Å². The first-order valence-corrected chi connectivity index (χ1v) is 6.89. The van der Waals surface area contributed by atoms with Crippen molar-refractivity contribution in [2.24, 2.45) is 0 Å². The fourth-order valence-corrected chi connectivity index (χ4v) is 2.54. The normalized spacial score (nSPS) is 12.8. The Hall–Kier alpha value is -0.340. The molecule has 0 aromatic heterocycles. The Morgan fingerprint density at radius 2 is 1.88 bits per heavy atom. The van der Waals surface area contributed by atoms with Gasteiger partial charge in [-0.25, -0.2) is 0 Å². The summed E-state index contributed by atoms with van der Waals surface area (Å²) in [5, 5.41) is 3.57. The predicted octanol–water partition coefficient (Wildman–Crippen LogP) is 4.52. The summed E-state index contributed by atoms with van der Waals surface area (Å²) in [4.78, 5) is 0. The molecule has 0 saturated heterocycles. The van der Waals surface area contributed by atoms with Gasteiger partial charge in [0, 0.05) is 10.5 Å². The van der Waals surface area contributed by atoms with E-state index >= 15 is 0 Å². The van der Waals surface area contributed by atoms with E-state index < -0.39 is 0 Å². The topological polar surface area (TPSA) is 12.0 Å². The van der Waals surface area contributed by atoms with E-state index in [2.05, 4.69) is 61.1 Å². The number of aryl methyl sites for hydroxylation is 2. The molecule has 2 heteroatoms. The van der Waals surface area contributed by atoms with Crippen molar-refractivity contribution >= 4 is 15.9 Å². The van der Waals surface area contributed by atoms with E-state index in [4.69, 9.17) is 0 Å². The van der Waals surface area contributed by atoms with Gasteiger partial charge in [0.05, 0.1) is 0 Å². The van der Waals surface area contributed by atoms with E-state index in [0.29, 0.717) is 6.04 Å². The van der Waals surface area contributed by atoms with Gasteiger partial charge in [0.25, 0.3) is 0 Å². The molecule has 1 aromatic rings. The minimum absolute atomic E-state index is 0.502. The number of benzene rings is 1. The largest absolute Gasteiger partial charge is 0.310 e. The molecule has 1 unspecified atom stereocenters. The zero-order valence-corrected chi connectivity index (χ0v) is 12.3.